The fraction of sp³-hybridized carbons (Fsp3) is 0.407. The highest BCUT2D eigenvalue weighted by Crippen LogP contribution is 2.47. The van der Waals surface area contributed by atoms with E-state index in [1.165, 1.54) is 6.07 Å². The van der Waals surface area contributed by atoms with Gasteiger partial charge in [-0.2, -0.15) is 17.8 Å². The number of quaternary nitrogens is 1. The van der Waals surface area contributed by atoms with Crippen LogP contribution in [0.1, 0.15) is 47.2 Å². The van der Waals surface area contributed by atoms with Crippen LogP contribution in [-0.2, 0) is 17.5 Å². The minimum Gasteiger partial charge on any atom is -0.366 e. The fourth-order valence-electron chi connectivity index (χ4n) is 6.04. The lowest BCUT2D eigenvalue weighted by molar-refractivity contribution is -1.13. The van der Waals surface area contributed by atoms with Crippen molar-refractivity contribution >= 4 is 11.8 Å². The molecule has 4 atom stereocenters. The largest absolute Gasteiger partial charge is 0.416 e. The first kappa shape index (κ1) is 25.3. The maximum absolute atomic E-state index is 12.9. The van der Waals surface area contributed by atoms with E-state index in [1.807, 2.05) is 36.5 Å². The predicted octanol–water partition coefficient (Wildman–Crippen LogP) is 3.81. The van der Waals surface area contributed by atoms with Crippen LogP contribution in [0.3, 0.4) is 0 Å². The van der Waals surface area contributed by atoms with Gasteiger partial charge in [0.1, 0.15) is 18.6 Å². The number of carbonyl (C=O) groups excluding carboxylic acids is 2. The van der Waals surface area contributed by atoms with Crippen molar-refractivity contribution in [1.82, 2.24) is 15.5 Å². The highest BCUT2D eigenvalue weighted by molar-refractivity contribution is 5.96. The summed E-state index contributed by atoms with van der Waals surface area (Å²) in [6.45, 7) is 0.957. The molecule has 2 aromatic rings. The first-order chi connectivity index (χ1) is 17.6. The maximum Gasteiger partial charge on any atom is 0.416 e. The molecule has 2 bridgehead atoms. The van der Waals surface area contributed by atoms with Gasteiger partial charge in [0.2, 0.25) is 5.91 Å². The second kappa shape index (κ2) is 9.83. The summed E-state index contributed by atoms with van der Waals surface area (Å²) in [5.41, 5.74) is 0.752. The average molecular weight is 516 g/mol. The smallest absolute Gasteiger partial charge is 0.366 e. The lowest BCUT2D eigenvalue weighted by Crippen LogP contribution is -2.51. The van der Waals surface area contributed by atoms with Gasteiger partial charge in [-0.1, -0.05) is 36.4 Å². The van der Waals surface area contributed by atoms with Gasteiger partial charge in [0, 0.05) is 55.3 Å². The van der Waals surface area contributed by atoms with Crippen LogP contribution in [0.2, 0.25) is 0 Å². The summed E-state index contributed by atoms with van der Waals surface area (Å²) in [5.74, 6) is -1.20. The summed E-state index contributed by atoms with van der Waals surface area (Å²) in [6.07, 6.45) is 0.835. The molecule has 5 rings (SSSR count). The molecule has 2 aromatic carbocycles. The molecule has 0 saturated carbocycles. The molecular formula is C27H30F3N4O3+. The third kappa shape index (κ3) is 5.21. The number of amides is 2. The van der Waals surface area contributed by atoms with E-state index in [1.54, 1.807) is 0 Å². The lowest BCUT2D eigenvalue weighted by Gasteiger charge is -2.33. The van der Waals surface area contributed by atoms with E-state index >= 15 is 0 Å². The Hall–Kier alpha value is -3.37. The van der Waals surface area contributed by atoms with Gasteiger partial charge in [0.15, 0.2) is 0 Å². The van der Waals surface area contributed by atoms with Crippen LogP contribution < -0.4 is 10.6 Å². The predicted molar refractivity (Wildman–Crippen MR) is 129 cm³/mol. The Labute approximate surface area is 213 Å². The SMILES string of the molecule is O=C(CNC(=O)c1cccc(C(F)(F)F)c1)NC1=CN(C2CC3CCC2[N+]3(O)Cc2ccccc2)CC1. The molecule has 2 fully saturated rings. The van der Waals surface area contributed by atoms with Crippen molar-refractivity contribution in [1.29, 1.82) is 0 Å². The number of alkyl halides is 3. The van der Waals surface area contributed by atoms with Crippen LogP contribution in [-0.4, -0.2) is 57.8 Å². The van der Waals surface area contributed by atoms with Gasteiger partial charge in [0.25, 0.3) is 5.91 Å². The number of halogens is 3. The second-order valence-corrected chi connectivity index (χ2v) is 10.1. The van der Waals surface area contributed by atoms with Crippen molar-refractivity contribution in [3.05, 3.63) is 83.2 Å². The normalized spacial score (nSPS) is 26.8. The van der Waals surface area contributed by atoms with Gasteiger partial charge in [-0.25, -0.2) is 5.21 Å². The summed E-state index contributed by atoms with van der Waals surface area (Å²) in [6, 6.07) is 14.6. The summed E-state index contributed by atoms with van der Waals surface area (Å²) in [5, 5.41) is 16.8. The Morgan fingerprint density at radius 2 is 1.86 bits per heavy atom. The zero-order valence-electron chi connectivity index (χ0n) is 20.2. The van der Waals surface area contributed by atoms with Crippen LogP contribution in [0.5, 0.6) is 0 Å². The number of nitrogens with zero attached hydrogens (tertiary/aromatic N) is 2. The molecule has 37 heavy (non-hydrogen) atoms. The summed E-state index contributed by atoms with van der Waals surface area (Å²) < 4.78 is 38.7. The lowest BCUT2D eigenvalue weighted by atomic mass is 9.94. The molecule has 0 aliphatic carbocycles. The second-order valence-electron chi connectivity index (χ2n) is 10.1. The van der Waals surface area contributed by atoms with Gasteiger partial charge < -0.3 is 15.5 Å². The quantitative estimate of drug-likeness (QED) is 0.490. The Morgan fingerprint density at radius 3 is 2.62 bits per heavy atom. The molecular weight excluding hydrogens is 485 g/mol. The molecule has 0 aromatic heterocycles. The van der Waals surface area contributed by atoms with Crippen LogP contribution >= 0.6 is 0 Å². The van der Waals surface area contributed by atoms with E-state index in [0.717, 1.165) is 55.3 Å². The molecule has 7 nitrogen and oxygen atoms in total. The molecule has 196 valence electrons. The number of hydroxylamine groups is 3. The maximum atomic E-state index is 12.9. The van der Waals surface area contributed by atoms with Crippen molar-refractivity contribution < 1.29 is 32.6 Å². The van der Waals surface area contributed by atoms with Crippen LogP contribution in [0.4, 0.5) is 13.2 Å². The van der Waals surface area contributed by atoms with Crippen molar-refractivity contribution in [2.24, 2.45) is 0 Å². The number of nitrogens with one attached hydrogen (secondary N) is 2. The topological polar surface area (TPSA) is 81.7 Å². The standard InChI is InChI=1S/C27H29F3N4O3/c28-27(29,30)20-8-4-7-19(13-20)26(36)31-15-25(35)32-21-11-12-33(16-21)23-14-22-9-10-24(23)34(22,37)17-18-5-2-1-3-6-18/h1-8,13,16,22-24,37H,9-12,14-15,17H2,(H-,31,32,35,36)/p+1. The third-order valence-corrected chi connectivity index (χ3v) is 7.79. The van der Waals surface area contributed by atoms with E-state index in [9.17, 15) is 28.0 Å². The van der Waals surface area contributed by atoms with Crippen molar-refractivity contribution in [3.63, 3.8) is 0 Å². The average Bonchev–Trinajstić information content (AvgIpc) is 3.54. The van der Waals surface area contributed by atoms with Gasteiger partial charge in [-0.05, 0) is 18.2 Å². The molecule has 3 heterocycles. The fourth-order valence-corrected chi connectivity index (χ4v) is 6.04. The van der Waals surface area contributed by atoms with Gasteiger partial charge in [-0.15, -0.1) is 0 Å². The number of fused-ring (bicyclic) bond motifs is 2. The van der Waals surface area contributed by atoms with Gasteiger partial charge in [-0.3, -0.25) is 9.59 Å². The first-order valence-electron chi connectivity index (χ1n) is 12.5. The highest BCUT2D eigenvalue weighted by Gasteiger charge is 2.61. The number of hydrogen-bond donors (Lipinski definition) is 3. The first-order valence-corrected chi connectivity index (χ1v) is 12.5. The van der Waals surface area contributed by atoms with E-state index < -0.39 is 23.6 Å². The minimum absolute atomic E-state index is 0.0578. The monoisotopic (exact) mass is 515 g/mol. The van der Waals surface area contributed by atoms with E-state index in [0.29, 0.717) is 13.0 Å². The summed E-state index contributed by atoms with van der Waals surface area (Å²) in [4.78, 5) is 26.9. The van der Waals surface area contributed by atoms with E-state index in [2.05, 4.69) is 15.5 Å². The Balaban J connectivity index is 1.15. The van der Waals surface area contributed by atoms with E-state index in [4.69, 9.17) is 0 Å². The third-order valence-electron chi connectivity index (χ3n) is 7.79. The molecule has 0 radical (unpaired) electrons. The number of rotatable bonds is 7. The minimum atomic E-state index is -4.55. The number of benzene rings is 2. The molecule has 10 heteroatoms. The Kier molecular flexibility index (Phi) is 6.72. The van der Waals surface area contributed by atoms with Crippen molar-refractivity contribution in [2.75, 3.05) is 13.1 Å². The zero-order valence-corrected chi connectivity index (χ0v) is 20.2. The van der Waals surface area contributed by atoms with Crippen LogP contribution in [0.15, 0.2) is 66.5 Å². The van der Waals surface area contributed by atoms with Crippen LogP contribution in [0, 0.1) is 0 Å². The zero-order chi connectivity index (χ0) is 26.2. The molecule has 0 spiro atoms. The molecule has 2 saturated heterocycles. The highest BCUT2D eigenvalue weighted by atomic mass is 19.4. The van der Waals surface area contributed by atoms with Crippen molar-refractivity contribution in [3.8, 4) is 0 Å². The van der Waals surface area contributed by atoms with E-state index in [-0.39, 0.29) is 34.9 Å². The van der Waals surface area contributed by atoms with Gasteiger partial charge in [0.05, 0.1) is 18.2 Å². The molecule has 3 N–H and O–H groups in total. The number of hydrogen-bond acceptors (Lipinski definition) is 4. The molecule has 4 unspecified atom stereocenters. The summed E-state index contributed by atoms with van der Waals surface area (Å²) in [7, 11) is 0. The molecule has 3 aliphatic heterocycles. The van der Waals surface area contributed by atoms with Gasteiger partial charge >= 0.3 is 6.18 Å². The molecule has 3 aliphatic rings. The Bertz CT molecular complexity index is 1200. The number of carbonyl (C=O) groups is 2. The Morgan fingerprint density at radius 1 is 1.08 bits per heavy atom. The summed E-state index contributed by atoms with van der Waals surface area (Å²) >= 11 is 0. The molecule has 2 amide bonds. The van der Waals surface area contributed by atoms with Crippen LogP contribution in [0.25, 0.3) is 0 Å². The van der Waals surface area contributed by atoms with Crippen molar-refractivity contribution in [2.45, 2.75) is 56.5 Å².